The van der Waals surface area contributed by atoms with E-state index >= 15 is 0 Å². The number of rotatable bonds is 8. The van der Waals surface area contributed by atoms with Crippen LogP contribution >= 0.6 is 11.6 Å². The molecule has 1 amide bonds. The summed E-state index contributed by atoms with van der Waals surface area (Å²) in [5.74, 6) is -0.537. The summed E-state index contributed by atoms with van der Waals surface area (Å²) in [5, 5.41) is 15.0. The topological polar surface area (TPSA) is 86.2 Å². The van der Waals surface area contributed by atoms with Crippen LogP contribution in [0.5, 0.6) is 0 Å². The second-order valence-electron chi connectivity index (χ2n) is 9.07. The summed E-state index contributed by atoms with van der Waals surface area (Å²) in [7, 11) is 1.95. The van der Waals surface area contributed by atoms with Crippen LogP contribution in [-0.2, 0) is 31.2 Å². The Labute approximate surface area is 209 Å². The molecule has 1 aliphatic rings. The van der Waals surface area contributed by atoms with Gasteiger partial charge in [0.05, 0.1) is 6.20 Å². The number of aryl methyl sites for hydroxylation is 2. The van der Waals surface area contributed by atoms with Crippen LogP contribution in [0.2, 0.25) is 5.02 Å². The molecule has 0 saturated carbocycles. The largest absolute Gasteiger partial charge is 0.361 e. The molecule has 1 atom stereocenters. The van der Waals surface area contributed by atoms with Gasteiger partial charge in [-0.05, 0) is 59.7 Å². The van der Waals surface area contributed by atoms with E-state index in [9.17, 15) is 4.79 Å². The van der Waals surface area contributed by atoms with Gasteiger partial charge < -0.3 is 4.98 Å². The van der Waals surface area contributed by atoms with Crippen LogP contribution in [0.15, 0.2) is 61.1 Å². The first-order chi connectivity index (χ1) is 17.0. The number of nitrogens with one attached hydrogen (secondary N) is 2. The zero-order valence-electron chi connectivity index (χ0n) is 19.5. The standard InChI is InChI=1S/C27H28ClN5O2/c1-32-16-19(14-30-32)17-33(11-10-21-15-29-25-13-22(28)5-7-23(21)25)26-8-4-20-12-18(2-6-24(20)26)3-9-27(34)31-35/h2-3,5-7,9,12-16,26,29,35H,4,8,10-11,17H2,1H3,(H,31,34). The number of halogens is 1. The van der Waals surface area contributed by atoms with E-state index in [1.165, 1.54) is 33.7 Å². The van der Waals surface area contributed by atoms with Crippen molar-refractivity contribution in [2.24, 2.45) is 7.05 Å². The molecule has 4 aromatic rings. The minimum atomic E-state index is -0.537. The first kappa shape index (κ1) is 23.4. The molecule has 0 radical (unpaired) electrons. The summed E-state index contributed by atoms with van der Waals surface area (Å²) in [6.07, 6.45) is 12.1. The molecule has 8 heteroatoms. The highest BCUT2D eigenvalue weighted by atomic mass is 35.5. The highest BCUT2D eigenvalue weighted by Gasteiger charge is 2.28. The van der Waals surface area contributed by atoms with Crippen molar-refractivity contribution in [3.8, 4) is 0 Å². The number of amides is 1. The highest BCUT2D eigenvalue weighted by molar-refractivity contribution is 6.31. The Morgan fingerprint density at radius 2 is 2.23 bits per heavy atom. The molecule has 2 heterocycles. The van der Waals surface area contributed by atoms with Crippen LogP contribution in [0.1, 0.15) is 40.3 Å². The van der Waals surface area contributed by atoms with Gasteiger partial charge in [-0.15, -0.1) is 0 Å². The van der Waals surface area contributed by atoms with Crippen molar-refractivity contribution in [1.82, 2.24) is 25.1 Å². The summed E-state index contributed by atoms with van der Waals surface area (Å²) in [4.78, 5) is 17.2. The van der Waals surface area contributed by atoms with E-state index in [2.05, 4.69) is 45.6 Å². The third-order valence-electron chi connectivity index (χ3n) is 6.73. The molecule has 1 unspecified atom stereocenters. The molecule has 7 nitrogen and oxygen atoms in total. The number of aromatic amines is 1. The van der Waals surface area contributed by atoms with Crippen molar-refractivity contribution >= 4 is 34.5 Å². The van der Waals surface area contributed by atoms with Gasteiger partial charge in [-0.3, -0.25) is 19.6 Å². The lowest BCUT2D eigenvalue weighted by Crippen LogP contribution is -2.29. The lowest BCUT2D eigenvalue weighted by molar-refractivity contribution is -0.124. The van der Waals surface area contributed by atoms with E-state index in [-0.39, 0.29) is 0 Å². The number of hydroxylamine groups is 1. The third-order valence-corrected chi connectivity index (χ3v) is 6.97. The van der Waals surface area contributed by atoms with Crippen LogP contribution in [-0.4, -0.2) is 37.3 Å². The van der Waals surface area contributed by atoms with Gasteiger partial charge in [-0.25, -0.2) is 5.48 Å². The van der Waals surface area contributed by atoms with Crippen LogP contribution in [0.3, 0.4) is 0 Å². The molecule has 2 aromatic heterocycles. The zero-order chi connectivity index (χ0) is 24.4. The van der Waals surface area contributed by atoms with Gasteiger partial charge in [0.1, 0.15) is 0 Å². The van der Waals surface area contributed by atoms with Crippen LogP contribution in [0.4, 0.5) is 0 Å². The highest BCUT2D eigenvalue weighted by Crippen LogP contribution is 2.37. The Hall–Kier alpha value is -3.39. The maximum absolute atomic E-state index is 11.3. The molecule has 180 valence electrons. The second-order valence-corrected chi connectivity index (χ2v) is 9.51. The maximum Gasteiger partial charge on any atom is 0.267 e. The van der Waals surface area contributed by atoms with E-state index in [4.69, 9.17) is 16.8 Å². The number of aromatic nitrogens is 3. The van der Waals surface area contributed by atoms with Crippen molar-refractivity contribution < 1.29 is 10.0 Å². The summed E-state index contributed by atoms with van der Waals surface area (Å²) in [5.41, 5.74) is 8.76. The predicted molar refractivity (Wildman–Crippen MR) is 137 cm³/mol. The average Bonchev–Trinajstić information content (AvgIpc) is 3.58. The smallest absolute Gasteiger partial charge is 0.267 e. The van der Waals surface area contributed by atoms with Crippen molar-refractivity contribution in [3.05, 3.63) is 93.9 Å². The van der Waals surface area contributed by atoms with E-state index in [1.807, 2.05) is 36.1 Å². The number of hydrogen-bond acceptors (Lipinski definition) is 4. The van der Waals surface area contributed by atoms with Crippen LogP contribution in [0.25, 0.3) is 17.0 Å². The number of carbonyl (C=O) groups is 1. The van der Waals surface area contributed by atoms with E-state index < -0.39 is 5.91 Å². The maximum atomic E-state index is 11.3. The Balaban J connectivity index is 1.38. The molecular formula is C27H28ClN5O2. The van der Waals surface area contributed by atoms with Gasteiger partial charge in [-0.1, -0.05) is 35.9 Å². The zero-order valence-corrected chi connectivity index (χ0v) is 20.3. The second kappa shape index (κ2) is 10.1. The van der Waals surface area contributed by atoms with E-state index in [0.29, 0.717) is 6.04 Å². The Morgan fingerprint density at radius 3 is 3.03 bits per heavy atom. The SMILES string of the molecule is Cn1cc(CN(CCc2c[nH]c3cc(Cl)ccc23)C2CCc3cc(C=CC(=O)NO)ccc32)cn1. The molecule has 2 aromatic carbocycles. The third kappa shape index (κ3) is 5.17. The van der Waals surface area contributed by atoms with Crippen molar-refractivity contribution in [3.63, 3.8) is 0 Å². The van der Waals surface area contributed by atoms with Gasteiger partial charge in [0.15, 0.2) is 0 Å². The fourth-order valence-corrected chi connectivity index (χ4v) is 5.24. The molecular weight excluding hydrogens is 462 g/mol. The number of carbonyl (C=O) groups excluding carboxylic acids is 1. The van der Waals surface area contributed by atoms with Crippen molar-refractivity contribution in [1.29, 1.82) is 0 Å². The molecule has 0 aliphatic heterocycles. The van der Waals surface area contributed by atoms with Crippen molar-refractivity contribution in [2.75, 3.05) is 6.54 Å². The summed E-state index contributed by atoms with van der Waals surface area (Å²) < 4.78 is 1.85. The predicted octanol–water partition coefficient (Wildman–Crippen LogP) is 4.81. The molecule has 0 saturated heterocycles. The minimum absolute atomic E-state index is 0.309. The number of benzene rings is 2. The molecule has 0 fully saturated rings. The van der Waals surface area contributed by atoms with Gasteiger partial charge >= 0.3 is 0 Å². The monoisotopic (exact) mass is 489 g/mol. The molecule has 0 bridgehead atoms. The molecule has 35 heavy (non-hydrogen) atoms. The summed E-state index contributed by atoms with van der Waals surface area (Å²) in [6.45, 7) is 1.73. The Bertz CT molecular complexity index is 1390. The van der Waals surface area contributed by atoms with Crippen LogP contribution in [0, 0.1) is 0 Å². The van der Waals surface area contributed by atoms with E-state index in [0.717, 1.165) is 48.5 Å². The molecule has 0 spiro atoms. The first-order valence-electron chi connectivity index (χ1n) is 11.7. The number of nitrogens with zero attached hydrogens (tertiary/aromatic N) is 3. The quantitative estimate of drug-likeness (QED) is 0.188. The average molecular weight is 490 g/mol. The number of H-pyrrole nitrogens is 1. The molecule has 3 N–H and O–H groups in total. The Morgan fingerprint density at radius 1 is 1.34 bits per heavy atom. The molecule has 1 aliphatic carbocycles. The van der Waals surface area contributed by atoms with Gasteiger partial charge in [0.2, 0.25) is 0 Å². The van der Waals surface area contributed by atoms with E-state index in [1.54, 1.807) is 11.6 Å². The normalized spacial score (nSPS) is 15.4. The molecule has 5 rings (SSSR count). The van der Waals surface area contributed by atoms with Gasteiger partial charge in [-0.2, -0.15) is 5.10 Å². The lowest BCUT2D eigenvalue weighted by atomic mass is 10.0. The van der Waals surface area contributed by atoms with Gasteiger partial charge in [0, 0.05) is 66.1 Å². The fourth-order valence-electron chi connectivity index (χ4n) is 5.07. The lowest BCUT2D eigenvalue weighted by Gasteiger charge is -2.29. The fraction of sp³-hybridized carbons (Fsp3) is 0.259. The number of hydrogen-bond donors (Lipinski definition) is 3. The van der Waals surface area contributed by atoms with Gasteiger partial charge in [0.25, 0.3) is 5.91 Å². The number of fused-ring (bicyclic) bond motifs is 2. The minimum Gasteiger partial charge on any atom is -0.361 e. The first-order valence-corrected chi connectivity index (χ1v) is 12.1. The van der Waals surface area contributed by atoms with Crippen LogP contribution < -0.4 is 5.48 Å². The summed E-state index contributed by atoms with van der Waals surface area (Å²) in [6, 6.07) is 12.7. The Kier molecular flexibility index (Phi) is 6.72. The summed E-state index contributed by atoms with van der Waals surface area (Å²) >= 11 is 6.16. The van der Waals surface area contributed by atoms with Crippen molar-refractivity contribution in [2.45, 2.75) is 31.8 Å².